The Kier molecular flexibility index (Phi) is 8.78. The Morgan fingerprint density at radius 2 is 1.18 bits per heavy atom. The van der Waals surface area contributed by atoms with Crippen LogP contribution in [0.2, 0.25) is 0 Å². The number of ether oxygens (including phenoxy) is 4. The van der Waals surface area contributed by atoms with E-state index < -0.39 is 18.1 Å². The quantitative estimate of drug-likeness (QED) is 0.403. The summed E-state index contributed by atoms with van der Waals surface area (Å²) in [5.41, 5.74) is 3.20. The summed E-state index contributed by atoms with van der Waals surface area (Å²) in [6, 6.07) is 29.9. The van der Waals surface area contributed by atoms with Crippen molar-refractivity contribution in [3.63, 3.8) is 0 Å². The predicted octanol–water partition coefficient (Wildman–Crippen LogP) is 4.59. The highest BCUT2D eigenvalue weighted by Gasteiger charge is 2.42. The van der Waals surface area contributed by atoms with E-state index in [1.54, 1.807) is 0 Å². The van der Waals surface area contributed by atoms with Gasteiger partial charge in [-0.2, -0.15) is 0 Å². The van der Waals surface area contributed by atoms with E-state index in [4.69, 9.17) is 18.9 Å². The van der Waals surface area contributed by atoms with Crippen LogP contribution in [0.3, 0.4) is 0 Å². The van der Waals surface area contributed by atoms with Crippen molar-refractivity contribution in [3.8, 4) is 0 Å². The van der Waals surface area contributed by atoms with Gasteiger partial charge in [-0.05, 0) is 16.7 Å². The van der Waals surface area contributed by atoms with E-state index in [2.05, 4.69) is 0 Å². The van der Waals surface area contributed by atoms with E-state index in [1.807, 2.05) is 91.0 Å². The van der Waals surface area contributed by atoms with E-state index in [1.165, 1.54) is 0 Å². The van der Waals surface area contributed by atoms with Gasteiger partial charge in [-0.1, -0.05) is 91.0 Å². The first-order valence-corrected chi connectivity index (χ1v) is 11.3. The Morgan fingerprint density at radius 3 is 1.70 bits per heavy atom. The number of hydrogen-bond donors (Lipinski definition) is 0. The second kappa shape index (κ2) is 12.4. The maximum Gasteiger partial charge on any atom is 0.128 e. The van der Waals surface area contributed by atoms with Crippen LogP contribution in [-0.4, -0.2) is 37.8 Å². The molecule has 5 heteroatoms. The van der Waals surface area contributed by atoms with Gasteiger partial charge in [-0.25, -0.2) is 0 Å². The van der Waals surface area contributed by atoms with E-state index in [0.717, 1.165) is 23.0 Å². The first-order valence-electron chi connectivity index (χ1n) is 11.3. The number of carbonyl (C=O) groups excluding carboxylic acids is 1. The molecule has 0 bridgehead atoms. The number of aldehydes is 1. The van der Waals surface area contributed by atoms with Crippen molar-refractivity contribution < 1.29 is 23.7 Å². The van der Waals surface area contributed by atoms with Crippen LogP contribution in [0.1, 0.15) is 16.7 Å². The van der Waals surface area contributed by atoms with Crippen molar-refractivity contribution in [2.45, 2.75) is 38.1 Å². The lowest BCUT2D eigenvalue weighted by Crippen LogP contribution is -2.54. The van der Waals surface area contributed by atoms with Crippen LogP contribution in [-0.2, 0) is 43.6 Å². The van der Waals surface area contributed by atoms with E-state index >= 15 is 0 Å². The molecule has 33 heavy (non-hydrogen) atoms. The molecule has 1 aliphatic heterocycles. The van der Waals surface area contributed by atoms with Gasteiger partial charge in [-0.3, -0.25) is 0 Å². The Hall–Kier alpha value is -2.83. The summed E-state index contributed by atoms with van der Waals surface area (Å²) in [5, 5.41) is 0. The summed E-state index contributed by atoms with van der Waals surface area (Å²) in [6.45, 7) is 1.93. The molecule has 0 spiro atoms. The van der Waals surface area contributed by atoms with Gasteiger partial charge in [-0.15, -0.1) is 0 Å². The monoisotopic (exact) mass is 446 g/mol. The molecule has 4 rings (SSSR count). The summed E-state index contributed by atoms with van der Waals surface area (Å²) in [6.07, 6.45) is -0.288. The molecule has 0 saturated carbocycles. The largest absolute Gasteiger partial charge is 0.374 e. The highest BCUT2D eigenvalue weighted by Crippen LogP contribution is 2.27. The highest BCUT2D eigenvalue weighted by atomic mass is 16.6. The van der Waals surface area contributed by atoms with Crippen LogP contribution in [0.25, 0.3) is 0 Å². The minimum Gasteiger partial charge on any atom is -0.374 e. The molecular formula is C28H30O5. The molecular weight excluding hydrogens is 416 g/mol. The van der Waals surface area contributed by atoms with Gasteiger partial charge in [0.1, 0.15) is 18.5 Å². The molecule has 1 heterocycles. The van der Waals surface area contributed by atoms with Gasteiger partial charge in [0.05, 0.1) is 45.1 Å². The third kappa shape index (κ3) is 6.83. The van der Waals surface area contributed by atoms with E-state index in [0.29, 0.717) is 26.4 Å². The topological polar surface area (TPSA) is 54.0 Å². The minimum absolute atomic E-state index is 0.285. The second-order valence-corrected chi connectivity index (χ2v) is 8.19. The lowest BCUT2D eigenvalue weighted by molar-refractivity contribution is -0.215. The fraction of sp³-hybridized carbons (Fsp3) is 0.321. The fourth-order valence-electron chi connectivity index (χ4n) is 3.96. The molecule has 5 nitrogen and oxygen atoms in total. The zero-order valence-electron chi connectivity index (χ0n) is 18.6. The first-order chi connectivity index (χ1) is 16.3. The Bertz CT molecular complexity index is 948. The molecule has 0 aromatic heterocycles. The lowest BCUT2D eigenvalue weighted by Gasteiger charge is -2.40. The van der Waals surface area contributed by atoms with Gasteiger partial charge in [0.15, 0.2) is 0 Å². The number of benzene rings is 3. The molecule has 0 N–H and O–H groups in total. The number of carbonyl (C=O) groups is 1. The second-order valence-electron chi connectivity index (χ2n) is 8.19. The van der Waals surface area contributed by atoms with Crippen molar-refractivity contribution >= 4 is 6.29 Å². The standard InChI is InChI=1S/C28H30O5/c29-16-25-20-31-26(21-30-17-22-10-4-1-5-11-22)28(33-19-24-14-8-3-9-15-24)27(25)32-18-23-12-6-2-7-13-23/h1-16,25-28H,17-21H2/t25-,26-,27-,28+/m1/s1. The van der Waals surface area contributed by atoms with E-state index in [9.17, 15) is 4.79 Å². The Labute approximate surface area is 195 Å². The third-order valence-corrected chi connectivity index (χ3v) is 5.75. The molecule has 3 aromatic carbocycles. The van der Waals surface area contributed by atoms with Crippen LogP contribution in [0.5, 0.6) is 0 Å². The molecule has 1 aliphatic rings. The Balaban J connectivity index is 1.45. The first kappa shape index (κ1) is 23.3. The zero-order valence-corrected chi connectivity index (χ0v) is 18.6. The molecule has 1 fully saturated rings. The maximum absolute atomic E-state index is 11.9. The normalized spacial score (nSPS) is 22.7. The lowest BCUT2D eigenvalue weighted by atomic mass is 9.93. The summed E-state index contributed by atoms with van der Waals surface area (Å²) < 4.78 is 24.6. The van der Waals surface area contributed by atoms with Crippen molar-refractivity contribution in [1.82, 2.24) is 0 Å². The maximum atomic E-state index is 11.9. The van der Waals surface area contributed by atoms with Crippen LogP contribution in [0, 0.1) is 5.92 Å². The van der Waals surface area contributed by atoms with Gasteiger partial charge >= 0.3 is 0 Å². The molecule has 0 unspecified atom stereocenters. The summed E-state index contributed by atoms with van der Waals surface area (Å²) in [7, 11) is 0. The molecule has 0 amide bonds. The van der Waals surface area contributed by atoms with Crippen LogP contribution >= 0.6 is 0 Å². The third-order valence-electron chi connectivity index (χ3n) is 5.75. The number of hydrogen-bond acceptors (Lipinski definition) is 5. The summed E-state index contributed by atoms with van der Waals surface area (Å²) in [5.74, 6) is -0.403. The van der Waals surface area contributed by atoms with Gasteiger partial charge in [0.25, 0.3) is 0 Å². The van der Waals surface area contributed by atoms with Gasteiger partial charge < -0.3 is 23.7 Å². The van der Waals surface area contributed by atoms with Gasteiger partial charge in [0.2, 0.25) is 0 Å². The van der Waals surface area contributed by atoms with Crippen LogP contribution in [0.4, 0.5) is 0 Å². The van der Waals surface area contributed by atoms with Crippen LogP contribution < -0.4 is 0 Å². The van der Waals surface area contributed by atoms with Crippen LogP contribution in [0.15, 0.2) is 91.0 Å². The molecule has 1 saturated heterocycles. The molecule has 3 aromatic rings. The van der Waals surface area contributed by atoms with Gasteiger partial charge in [0, 0.05) is 0 Å². The Morgan fingerprint density at radius 1 is 0.697 bits per heavy atom. The number of rotatable bonds is 11. The highest BCUT2D eigenvalue weighted by molar-refractivity contribution is 5.55. The van der Waals surface area contributed by atoms with Crippen molar-refractivity contribution in [2.24, 2.45) is 5.92 Å². The van der Waals surface area contributed by atoms with Crippen molar-refractivity contribution in [3.05, 3.63) is 108 Å². The molecule has 172 valence electrons. The van der Waals surface area contributed by atoms with Crippen molar-refractivity contribution in [2.75, 3.05) is 13.2 Å². The zero-order chi connectivity index (χ0) is 22.7. The smallest absolute Gasteiger partial charge is 0.128 e. The van der Waals surface area contributed by atoms with E-state index in [-0.39, 0.29) is 12.7 Å². The minimum atomic E-state index is -0.436. The molecule has 4 atom stereocenters. The predicted molar refractivity (Wildman–Crippen MR) is 125 cm³/mol. The average molecular weight is 447 g/mol. The fourth-order valence-corrected chi connectivity index (χ4v) is 3.96. The van der Waals surface area contributed by atoms with Crippen molar-refractivity contribution in [1.29, 1.82) is 0 Å². The summed E-state index contributed by atoms with van der Waals surface area (Å²) in [4.78, 5) is 11.9. The summed E-state index contributed by atoms with van der Waals surface area (Å²) >= 11 is 0. The molecule has 0 aliphatic carbocycles. The average Bonchev–Trinajstić information content (AvgIpc) is 2.88. The SMILES string of the molecule is O=C[C@@H]1CO[C@H](COCc2ccccc2)[C@H](OCc2ccccc2)[C@@H]1OCc1ccccc1. The molecule has 0 radical (unpaired) electrons.